The lowest BCUT2D eigenvalue weighted by atomic mass is 10.00. The molecule has 0 spiro atoms. The molecule has 4 rings (SSSR count). The molecule has 2 amide bonds. The van der Waals surface area contributed by atoms with E-state index in [4.69, 9.17) is 11.2 Å². The van der Waals surface area contributed by atoms with Crippen LogP contribution in [0.3, 0.4) is 0 Å². The van der Waals surface area contributed by atoms with Crippen molar-refractivity contribution >= 4 is 23.2 Å². The summed E-state index contributed by atoms with van der Waals surface area (Å²) in [6, 6.07) is 22.2. The zero-order chi connectivity index (χ0) is 29.0. The molecule has 8 nitrogen and oxygen atoms in total. The first-order valence-corrected chi connectivity index (χ1v) is 14.0. The number of aliphatic hydroxyl groups excluding tert-OH is 1. The number of anilines is 2. The van der Waals surface area contributed by atoms with Crippen LogP contribution in [0.4, 0.5) is 11.4 Å². The van der Waals surface area contributed by atoms with Crippen LogP contribution >= 0.6 is 0 Å². The monoisotopic (exact) mass is 554 g/mol. The number of aliphatic hydroxyl groups is 1. The molecule has 1 saturated heterocycles. The van der Waals surface area contributed by atoms with Gasteiger partial charge in [-0.25, -0.2) is 0 Å². The lowest BCUT2D eigenvalue weighted by Gasteiger charge is -2.25. The van der Waals surface area contributed by atoms with E-state index in [2.05, 4.69) is 21.9 Å². The second-order valence-electron chi connectivity index (χ2n) is 10.1. The van der Waals surface area contributed by atoms with Gasteiger partial charge in [-0.05, 0) is 61.2 Å². The highest BCUT2D eigenvalue weighted by Gasteiger charge is 2.25. The Hall–Kier alpha value is -4.32. The fourth-order valence-corrected chi connectivity index (χ4v) is 4.91. The summed E-state index contributed by atoms with van der Waals surface area (Å²) in [7, 11) is 0. The van der Waals surface area contributed by atoms with Crippen molar-refractivity contribution in [3.8, 4) is 18.1 Å². The minimum atomic E-state index is -0.864. The van der Waals surface area contributed by atoms with Gasteiger partial charge in [0.1, 0.15) is 12.4 Å². The Morgan fingerprint density at radius 3 is 2.63 bits per heavy atom. The maximum absolute atomic E-state index is 13.6. The maximum atomic E-state index is 13.6. The summed E-state index contributed by atoms with van der Waals surface area (Å²) in [5.74, 6) is 2.89. The maximum Gasteiger partial charge on any atom is 0.251 e. The molecule has 2 atom stereocenters. The molecule has 1 heterocycles. The Bertz CT molecular complexity index is 1350. The molecule has 1 aliphatic rings. The number of terminal acetylenes is 1. The lowest BCUT2D eigenvalue weighted by Crippen LogP contribution is -2.48. The molecule has 1 fully saturated rings. The summed E-state index contributed by atoms with van der Waals surface area (Å²) in [4.78, 5) is 27.7. The highest BCUT2D eigenvalue weighted by molar-refractivity contribution is 6.00. The molecule has 4 N–H and O–H groups in total. The summed E-state index contributed by atoms with van der Waals surface area (Å²) in [5.41, 5.74) is 3.89. The van der Waals surface area contributed by atoms with E-state index in [1.165, 1.54) is 0 Å². The number of amides is 2. The first kappa shape index (κ1) is 29.7. The number of hydrogen-bond acceptors (Lipinski definition) is 6. The van der Waals surface area contributed by atoms with Crippen molar-refractivity contribution in [1.29, 1.82) is 0 Å². The van der Waals surface area contributed by atoms with Crippen LogP contribution in [0.5, 0.6) is 5.75 Å². The molecule has 0 unspecified atom stereocenters. The Morgan fingerprint density at radius 2 is 1.90 bits per heavy atom. The van der Waals surface area contributed by atoms with Gasteiger partial charge in [-0.2, -0.15) is 0 Å². The number of nitrogens with one attached hydrogen (secondary N) is 3. The predicted octanol–water partition coefficient (Wildman–Crippen LogP) is 3.75. The van der Waals surface area contributed by atoms with Gasteiger partial charge in [0.05, 0.1) is 12.1 Å². The number of hydrogen-bond donors (Lipinski definition) is 4. The van der Waals surface area contributed by atoms with Crippen molar-refractivity contribution in [1.82, 2.24) is 10.6 Å². The molecule has 3 aromatic rings. The SMILES string of the molecule is C#CCOc1cccc(CNC[C@H](O)[C@H](Cc2ccccc2)NC(=O)c2cc(NCC)cc(N3CCCC3=O)c2)c1. The fraction of sp³-hybridized carbons (Fsp3) is 0.333. The van der Waals surface area contributed by atoms with Gasteiger partial charge in [0, 0.05) is 49.5 Å². The highest BCUT2D eigenvalue weighted by atomic mass is 16.5. The molecule has 3 aromatic carbocycles. The van der Waals surface area contributed by atoms with Crippen LogP contribution in [-0.4, -0.2) is 55.3 Å². The van der Waals surface area contributed by atoms with Gasteiger partial charge in [-0.3, -0.25) is 9.59 Å². The number of ether oxygens (including phenoxy) is 1. The summed E-state index contributed by atoms with van der Waals surface area (Å²) in [6.45, 7) is 4.26. The van der Waals surface area contributed by atoms with E-state index >= 15 is 0 Å². The number of rotatable bonds is 14. The molecular weight excluding hydrogens is 516 g/mol. The van der Waals surface area contributed by atoms with Crippen molar-refractivity contribution in [3.63, 3.8) is 0 Å². The number of benzene rings is 3. The predicted molar refractivity (Wildman–Crippen MR) is 162 cm³/mol. The fourth-order valence-electron chi connectivity index (χ4n) is 4.91. The second-order valence-corrected chi connectivity index (χ2v) is 10.1. The zero-order valence-electron chi connectivity index (χ0n) is 23.4. The number of nitrogens with zero attached hydrogens (tertiary/aromatic N) is 1. The first-order valence-electron chi connectivity index (χ1n) is 14.0. The van der Waals surface area contributed by atoms with Gasteiger partial charge in [0.15, 0.2) is 0 Å². The van der Waals surface area contributed by atoms with E-state index in [9.17, 15) is 14.7 Å². The molecule has 0 aromatic heterocycles. The van der Waals surface area contributed by atoms with E-state index < -0.39 is 12.1 Å². The zero-order valence-corrected chi connectivity index (χ0v) is 23.4. The van der Waals surface area contributed by atoms with Gasteiger partial charge >= 0.3 is 0 Å². The molecule has 0 radical (unpaired) electrons. The average molecular weight is 555 g/mol. The second kappa shape index (κ2) is 14.9. The van der Waals surface area contributed by atoms with Gasteiger partial charge in [0.2, 0.25) is 5.91 Å². The molecule has 1 aliphatic heterocycles. The van der Waals surface area contributed by atoms with Crippen molar-refractivity contribution in [2.45, 2.75) is 44.9 Å². The molecule has 41 heavy (non-hydrogen) atoms. The van der Waals surface area contributed by atoms with Crippen LogP contribution in [0.2, 0.25) is 0 Å². The van der Waals surface area contributed by atoms with Crippen molar-refractivity contribution in [2.75, 3.05) is 36.5 Å². The third kappa shape index (κ3) is 8.58. The Kier molecular flexibility index (Phi) is 10.8. The minimum Gasteiger partial charge on any atom is -0.481 e. The van der Waals surface area contributed by atoms with E-state index in [0.717, 1.165) is 23.2 Å². The van der Waals surface area contributed by atoms with Crippen LogP contribution in [-0.2, 0) is 17.8 Å². The van der Waals surface area contributed by atoms with E-state index in [-0.39, 0.29) is 25.0 Å². The number of carbonyl (C=O) groups is 2. The van der Waals surface area contributed by atoms with E-state index in [1.54, 1.807) is 17.0 Å². The Labute approximate surface area is 242 Å². The standard InChI is InChI=1S/C33H38N4O4/c1-3-16-41-29-13-8-12-25(17-29)22-34-23-31(38)30(18-24-10-6-5-7-11-24)36-33(40)26-19-27(35-4-2)21-28(20-26)37-15-9-14-32(37)39/h1,5-8,10-13,17,19-21,30-31,34-35,38H,4,9,14-16,18,22-23H2,2H3,(H,36,40)/t30-,31-/m0/s1. The molecule has 0 bridgehead atoms. The summed E-state index contributed by atoms with van der Waals surface area (Å²) >= 11 is 0. The molecule has 0 aliphatic carbocycles. The summed E-state index contributed by atoms with van der Waals surface area (Å²) < 4.78 is 5.50. The van der Waals surface area contributed by atoms with Crippen LogP contribution < -0.4 is 25.6 Å². The molecule has 8 heteroatoms. The topological polar surface area (TPSA) is 103 Å². The molecule has 214 valence electrons. The lowest BCUT2D eigenvalue weighted by molar-refractivity contribution is -0.117. The van der Waals surface area contributed by atoms with E-state index in [0.29, 0.717) is 49.5 Å². The average Bonchev–Trinajstić information content (AvgIpc) is 3.42. The molecular formula is C33H38N4O4. The Morgan fingerprint density at radius 1 is 1.10 bits per heavy atom. The van der Waals surface area contributed by atoms with Crippen LogP contribution in [0.1, 0.15) is 41.3 Å². The van der Waals surface area contributed by atoms with Crippen LogP contribution in [0, 0.1) is 12.3 Å². The summed E-state index contributed by atoms with van der Waals surface area (Å²) in [5, 5.41) is 20.8. The quantitative estimate of drug-likeness (QED) is 0.227. The van der Waals surface area contributed by atoms with Gasteiger partial charge in [0.25, 0.3) is 5.91 Å². The van der Waals surface area contributed by atoms with Crippen molar-refractivity contribution < 1.29 is 19.4 Å². The summed E-state index contributed by atoms with van der Waals surface area (Å²) in [6.07, 6.45) is 6.18. The smallest absolute Gasteiger partial charge is 0.251 e. The van der Waals surface area contributed by atoms with Gasteiger partial charge in [-0.15, -0.1) is 6.42 Å². The van der Waals surface area contributed by atoms with Gasteiger partial charge in [-0.1, -0.05) is 48.4 Å². The largest absolute Gasteiger partial charge is 0.481 e. The third-order valence-corrected chi connectivity index (χ3v) is 6.93. The Balaban J connectivity index is 1.47. The number of carbonyl (C=O) groups excluding carboxylic acids is 2. The first-order chi connectivity index (χ1) is 20.0. The van der Waals surface area contributed by atoms with Gasteiger partial charge < -0.3 is 30.7 Å². The van der Waals surface area contributed by atoms with Crippen LogP contribution in [0.25, 0.3) is 0 Å². The van der Waals surface area contributed by atoms with E-state index in [1.807, 2.05) is 67.6 Å². The van der Waals surface area contributed by atoms with Crippen LogP contribution in [0.15, 0.2) is 72.8 Å². The highest BCUT2D eigenvalue weighted by Crippen LogP contribution is 2.27. The third-order valence-electron chi connectivity index (χ3n) is 6.93. The van der Waals surface area contributed by atoms with Crippen molar-refractivity contribution in [2.24, 2.45) is 0 Å². The van der Waals surface area contributed by atoms with Crippen molar-refractivity contribution in [3.05, 3.63) is 89.5 Å². The normalized spacial score (nSPS) is 14.3. The molecule has 0 saturated carbocycles. The minimum absolute atomic E-state index is 0.0570.